The van der Waals surface area contributed by atoms with Crippen LogP contribution in [0.25, 0.3) is 0 Å². The summed E-state index contributed by atoms with van der Waals surface area (Å²) in [7, 11) is 0. The Balaban J connectivity index is 1.98. The molecule has 0 bridgehead atoms. The molecular weight excluding hydrogens is 236 g/mol. The highest BCUT2D eigenvalue weighted by Gasteiger charge is 2.41. The van der Waals surface area contributed by atoms with E-state index in [9.17, 15) is 0 Å². The first-order valence-electron chi connectivity index (χ1n) is 8.04. The largest absolute Gasteiger partial charge is 0.375 e. The lowest BCUT2D eigenvalue weighted by atomic mass is 9.72. The van der Waals surface area contributed by atoms with Crippen molar-refractivity contribution >= 4 is 0 Å². The minimum absolute atomic E-state index is 0.189. The number of hydrogen-bond acceptors (Lipinski definition) is 3. The fourth-order valence-corrected chi connectivity index (χ4v) is 3.98. The number of rotatable bonds is 3. The lowest BCUT2D eigenvalue weighted by molar-refractivity contribution is -0.123. The topological polar surface area (TPSA) is 47.3 Å². The molecule has 19 heavy (non-hydrogen) atoms. The Morgan fingerprint density at radius 3 is 2.53 bits per heavy atom. The quantitative estimate of drug-likeness (QED) is 0.609. The highest BCUT2D eigenvalue weighted by molar-refractivity contribution is 4.93. The molecule has 2 unspecified atom stereocenters. The summed E-state index contributed by atoms with van der Waals surface area (Å²) in [6.07, 6.45) is 10.1. The zero-order valence-corrected chi connectivity index (χ0v) is 13.0. The van der Waals surface area contributed by atoms with Gasteiger partial charge in [-0.3, -0.25) is 11.3 Å². The van der Waals surface area contributed by atoms with Crippen LogP contribution in [0, 0.1) is 11.3 Å². The van der Waals surface area contributed by atoms with Crippen molar-refractivity contribution in [2.24, 2.45) is 17.2 Å². The number of ether oxygens (including phenoxy) is 1. The molecule has 2 fully saturated rings. The van der Waals surface area contributed by atoms with Crippen molar-refractivity contribution in [1.82, 2.24) is 5.43 Å². The summed E-state index contributed by atoms with van der Waals surface area (Å²) in [5.41, 5.74) is 3.61. The monoisotopic (exact) mass is 268 g/mol. The Kier molecular flexibility index (Phi) is 4.91. The van der Waals surface area contributed by atoms with E-state index in [1.807, 2.05) is 0 Å². The Morgan fingerprint density at radius 2 is 1.95 bits per heavy atom. The van der Waals surface area contributed by atoms with Gasteiger partial charge in [-0.2, -0.15) is 0 Å². The van der Waals surface area contributed by atoms with Gasteiger partial charge in [0, 0.05) is 12.6 Å². The molecule has 0 radical (unpaired) electrons. The summed E-state index contributed by atoms with van der Waals surface area (Å²) in [6.45, 7) is 7.82. The van der Waals surface area contributed by atoms with Gasteiger partial charge in [0.1, 0.15) is 0 Å². The molecule has 112 valence electrons. The summed E-state index contributed by atoms with van der Waals surface area (Å²) in [5.74, 6) is 6.51. The molecule has 1 saturated heterocycles. The first-order chi connectivity index (χ1) is 8.94. The standard InChI is InChI=1S/C16H32N2O/c1-15(2,3)12-14(18-17)13-7-10-19-16(11-13)8-5-4-6-9-16/h13-14,18H,4-12,17H2,1-3H3. The van der Waals surface area contributed by atoms with Gasteiger partial charge in [-0.25, -0.2) is 0 Å². The Bertz CT molecular complexity index is 273. The van der Waals surface area contributed by atoms with Crippen molar-refractivity contribution in [3.63, 3.8) is 0 Å². The van der Waals surface area contributed by atoms with Gasteiger partial charge in [0.2, 0.25) is 0 Å². The van der Waals surface area contributed by atoms with Gasteiger partial charge in [-0.05, 0) is 43.4 Å². The van der Waals surface area contributed by atoms with Crippen LogP contribution in [-0.2, 0) is 4.74 Å². The molecule has 2 rings (SSSR count). The minimum atomic E-state index is 0.189. The van der Waals surface area contributed by atoms with Gasteiger partial charge < -0.3 is 4.74 Å². The van der Waals surface area contributed by atoms with E-state index in [4.69, 9.17) is 10.6 Å². The molecular formula is C16H32N2O. The molecule has 0 amide bonds. The van der Waals surface area contributed by atoms with Crippen LogP contribution < -0.4 is 11.3 Å². The van der Waals surface area contributed by atoms with Crippen molar-refractivity contribution in [3.05, 3.63) is 0 Å². The van der Waals surface area contributed by atoms with Crippen molar-refractivity contribution in [1.29, 1.82) is 0 Å². The van der Waals surface area contributed by atoms with Crippen LogP contribution >= 0.6 is 0 Å². The second kappa shape index (κ2) is 6.11. The summed E-state index contributed by atoms with van der Waals surface area (Å²) in [5, 5.41) is 0. The molecule has 3 nitrogen and oxygen atoms in total. The molecule has 1 aliphatic carbocycles. The van der Waals surface area contributed by atoms with Gasteiger partial charge in [-0.1, -0.05) is 40.0 Å². The molecule has 3 heteroatoms. The molecule has 0 aromatic carbocycles. The van der Waals surface area contributed by atoms with E-state index in [0.29, 0.717) is 17.4 Å². The predicted molar refractivity (Wildman–Crippen MR) is 79.7 cm³/mol. The number of hydrogen-bond donors (Lipinski definition) is 2. The molecule has 3 N–H and O–H groups in total. The SMILES string of the molecule is CC(C)(C)CC(NN)C1CCOC2(CCCCC2)C1. The normalized spacial score (nSPS) is 29.4. The molecule has 0 aromatic heterocycles. The van der Waals surface area contributed by atoms with Crippen LogP contribution in [0.4, 0.5) is 0 Å². The van der Waals surface area contributed by atoms with Gasteiger partial charge in [-0.15, -0.1) is 0 Å². The fourth-order valence-electron chi connectivity index (χ4n) is 3.98. The minimum Gasteiger partial charge on any atom is -0.375 e. The zero-order valence-electron chi connectivity index (χ0n) is 13.0. The van der Waals surface area contributed by atoms with Gasteiger partial charge in [0.25, 0.3) is 0 Å². The van der Waals surface area contributed by atoms with Crippen LogP contribution in [-0.4, -0.2) is 18.2 Å². The van der Waals surface area contributed by atoms with Crippen LogP contribution in [0.5, 0.6) is 0 Å². The predicted octanol–water partition coefficient (Wildman–Crippen LogP) is 3.38. The smallest absolute Gasteiger partial charge is 0.0685 e. The maximum atomic E-state index is 6.19. The summed E-state index contributed by atoms with van der Waals surface area (Å²) < 4.78 is 6.19. The number of nitrogens with one attached hydrogen (secondary N) is 1. The summed E-state index contributed by atoms with van der Waals surface area (Å²) in [4.78, 5) is 0. The highest BCUT2D eigenvalue weighted by atomic mass is 16.5. The molecule has 1 aliphatic heterocycles. The molecule has 1 heterocycles. The third kappa shape index (κ3) is 4.17. The van der Waals surface area contributed by atoms with Crippen LogP contribution in [0.2, 0.25) is 0 Å². The average molecular weight is 268 g/mol. The molecule has 2 aliphatic rings. The van der Waals surface area contributed by atoms with E-state index in [-0.39, 0.29) is 5.60 Å². The van der Waals surface area contributed by atoms with Crippen LogP contribution in [0.1, 0.15) is 72.1 Å². The first kappa shape index (κ1) is 15.3. The van der Waals surface area contributed by atoms with E-state index in [1.165, 1.54) is 38.5 Å². The van der Waals surface area contributed by atoms with Crippen LogP contribution in [0.15, 0.2) is 0 Å². The van der Waals surface area contributed by atoms with E-state index in [2.05, 4.69) is 26.2 Å². The first-order valence-corrected chi connectivity index (χ1v) is 8.04. The molecule has 1 spiro atoms. The van der Waals surface area contributed by atoms with Crippen molar-refractivity contribution in [2.75, 3.05) is 6.61 Å². The maximum absolute atomic E-state index is 6.19. The van der Waals surface area contributed by atoms with E-state index in [1.54, 1.807) is 0 Å². The van der Waals surface area contributed by atoms with Crippen molar-refractivity contribution < 1.29 is 4.74 Å². The molecule has 2 atom stereocenters. The second-order valence-corrected chi connectivity index (χ2v) is 7.88. The summed E-state index contributed by atoms with van der Waals surface area (Å²) in [6, 6.07) is 0.433. The van der Waals surface area contributed by atoms with Crippen molar-refractivity contribution in [2.45, 2.75) is 83.8 Å². The van der Waals surface area contributed by atoms with Crippen LogP contribution in [0.3, 0.4) is 0 Å². The molecule has 0 aromatic rings. The average Bonchev–Trinajstić information content (AvgIpc) is 2.36. The van der Waals surface area contributed by atoms with E-state index < -0.39 is 0 Å². The Morgan fingerprint density at radius 1 is 1.26 bits per heavy atom. The van der Waals surface area contributed by atoms with E-state index >= 15 is 0 Å². The molecule has 1 saturated carbocycles. The highest BCUT2D eigenvalue weighted by Crippen LogP contribution is 2.42. The lowest BCUT2D eigenvalue weighted by Crippen LogP contribution is -2.50. The Labute approximate surface area is 118 Å². The van der Waals surface area contributed by atoms with Crippen molar-refractivity contribution in [3.8, 4) is 0 Å². The van der Waals surface area contributed by atoms with E-state index in [0.717, 1.165) is 19.4 Å². The third-order valence-corrected chi connectivity index (χ3v) is 4.91. The maximum Gasteiger partial charge on any atom is 0.0685 e. The summed E-state index contributed by atoms with van der Waals surface area (Å²) >= 11 is 0. The number of hydrazine groups is 1. The lowest BCUT2D eigenvalue weighted by Gasteiger charge is -2.46. The third-order valence-electron chi connectivity index (χ3n) is 4.91. The van der Waals surface area contributed by atoms with Gasteiger partial charge in [0.05, 0.1) is 5.60 Å². The van der Waals surface area contributed by atoms with Gasteiger partial charge >= 0.3 is 0 Å². The zero-order chi connectivity index (χ0) is 13.9. The number of nitrogens with two attached hydrogens (primary N) is 1. The Hall–Kier alpha value is -0.120. The fraction of sp³-hybridized carbons (Fsp3) is 1.00. The second-order valence-electron chi connectivity index (χ2n) is 7.88. The van der Waals surface area contributed by atoms with Gasteiger partial charge in [0.15, 0.2) is 0 Å².